The van der Waals surface area contributed by atoms with Gasteiger partial charge in [-0.25, -0.2) is 0 Å². The molecule has 2 nitrogen and oxygen atoms in total. The van der Waals surface area contributed by atoms with Gasteiger partial charge in [0.25, 0.3) is 0 Å². The van der Waals surface area contributed by atoms with Gasteiger partial charge in [0.2, 0.25) is 0 Å². The highest BCUT2D eigenvalue weighted by Crippen LogP contribution is 2.19. The summed E-state index contributed by atoms with van der Waals surface area (Å²) in [6.45, 7) is 4.25. The van der Waals surface area contributed by atoms with Crippen LogP contribution in [0.25, 0.3) is 21.8 Å². The molecule has 2 heterocycles. The van der Waals surface area contributed by atoms with E-state index < -0.39 is 0 Å². The van der Waals surface area contributed by atoms with Crippen LogP contribution >= 0.6 is 0 Å². The lowest BCUT2D eigenvalue weighted by Crippen LogP contribution is -1.73. The molecule has 0 fully saturated rings. The van der Waals surface area contributed by atoms with Crippen LogP contribution in [0.15, 0.2) is 66.9 Å². The van der Waals surface area contributed by atoms with Gasteiger partial charge in [-0.05, 0) is 37.6 Å². The monoisotopic (exact) mass is 274 g/mol. The van der Waals surface area contributed by atoms with Gasteiger partial charge in [-0.1, -0.05) is 42.5 Å². The molecule has 104 valence electrons. The van der Waals surface area contributed by atoms with Crippen molar-refractivity contribution in [2.24, 2.45) is 0 Å². The van der Waals surface area contributed by atoms with E-state index in [0.29, 0.717) is 0 Å². The first-order valence-corrected chi connectivity index (χ1v) is 7.09. The summed E-state index contributed by atoms with van der Waals surface area (Å²) >= 11 is 0. The van der Waals surface area contributed by atoms with Crippen LogP contribution in [0, 0.1) is 13.8 Å². The third-order valence-corrected chi connectivity index (χ3v) is 3.73. The first-order chi connectivity index (χ1) is 10.3. The van der Waals surface area contributed by atoms with Crippen molar-refractivity contribution in [1.29, 1.82) is 0 Å². The third-order valence-electron chi connectivity index (χ3n) is 3.73. The van der Waals surface area contributed by atoms with Crippen LogP contribution in [0.4, 0.5) is 0 Å². The van der Waals surface area contributed by atoms with Crippen LogP contribution in [-0.4, -0.2) is 9.97 Å². The number of aryl methyl sites for hydroxylation is 2. The number of hydrogen-bond donors (Lipinski definition) is 1. The molecule has 0 aliphatic rings. The Hall–Kier alpha value is -2.61. The summed E-state index contributed by atoms with van der Waals surface area (Å²) in [5.74, 6) is 0. The number of hydrogen-bond acceptors (Lipinski definition) is 1. The molecule has 0 spiro atoms. The second kappa shape index (κ2) is 5.80. The number of aromatic nitrogens is 2. The largest absolute Gasteiger partial charge is 0.358 e. The van der Waals surface area contributed by atoms with E-state index in [1.807, 2.05) is 30.5 Å². The molecular formula is C19H18N2. The summed E-state index contributed by atoms with van der Waals surface area (Å²) in [6, 6.07) is 20.5. The number of para-hydroxylation sites is 2. The predicted octanol–water partition coefficient (Wildman–Crippen LogP) is 5.02. The molecule has 4 aromatic rings. The van der Waals surface area contributed by atoms with Crippen LogP contribution < -0.4 is 0 Å². The summed E-state index contributed by atoms with van der Waals surface area (Å²) in [7, 11) is 0. The van der Waals surface area contributed by atoms with Gasteiger partial charge in [-0.15, -0.1) is 0 Å². The van der Waals surface area contributed by atoms with Gasteiger partial charge < -0.3 is 4.98 Å². The Morgan fingerprint density at radius 1 is 0.810 bits per heavy atom. The minimum Gasteiger partial charge on any atom is -0.358 e. The Bertz CT molecular complexity index is 809. The summed E-state index contributed by atoms with van der Waals surface area (Å²) in [5, 5.41) is 2.54. The van der Waals surface area contributed by atoms with E-state index in [9.17, 15) is 0 Å². The van der Waals surface area contributed by atoms with Crippen LogP contribution in [0.5, 0.6) is 0 Å². The average molecular weight is 274 g/mol. The maximum atomic E-state index is 4.18. The van der Waals surface area contributed by atoms with Crippen molar-refractivity contribution in [3.05, 3.63) is 78.1 Å². The zero-order chi connectivity index (χ0) is 14.7. The third kappa shape index (κ3) is 2.79. The molecule has 4 rings (SSSR count). The lowest BCUT2D eigenvalue weighted by Gasteiger charge is -1.91. The van der Waals surface area contributed by atoms with Crippen LogP contribution in [0.2, 0.25) is 0 Å². The second-order valence-electron chi connectivity index (χ2n) is 5.12. The van der Waals surface area contributed by atoms with Crippen LogP contribution in [-0.2, 0) is 0 Å². The fourth-order valence-electron chi connectivity index (χ4n) is 2.43. The van der Waals surface area contributed by atoms with Crippen LogP contribution in [0.3, 0.4) is 0 Å². The minimum atomic E-state index is 1.06. The zero-order valence-corrected chi connectivity index (χ0v) is 12.3. The number of H-pyrrole nitrogens is 1. The molecule has 0 amide bonds. The molecule has 2 aromatic carbocycles. The van der Waals surface area contributed by atoms with E-state index in [-0.39, 0.29) is 0 Å². The van der Waals surface area contributed by atoms with Gasteiger partial charge in [0.1, 0.15) is 0 Å². The van der Waals surface area contributed by atoms with E-state index in [2.05, 4.69) is 60.2 Å². The van der Waals surface area contributed by atoms with Gasteiger partial charge >= 0.3 is 0 Å². The Kier molecular flexibility index (Phi) is 3.69. The smallest absolute Gasteiger partial charge is 0.0701 e. The number of rotatable bonds is 0. The molecule has 0 saturated carbocycles. The fourth-order valence-corrected chi connectivity index (χ4v) is 2.43. The predicted molar refractivity (Wildman–Crippen MR) is 89.5 cm³/mol. The lowest BCUT2D eigenvalue weighted by molar-refractivity contribution is 1.25. The van der Waals surface area contributed by atoms with E-state index in [0.717, 1.165) is 5.52 Å². The molecule has 0 aliphatic carbocycles. The van der Waals surface area contributed by atoms with Gasteiger partial charge in [0, 0.05) is 28.2 Å². The number of pyridine rings is 1. The van der Waals surface area contributed by atoms with Gasteiger partial charge in [-0.3, -0.25) is 4.98 Å². The average Bonchev–Trinajstić information content (AvgIpc) is 2.83. The highest BCUT2D eigenvalue weighted by atomic mass is 14.7. The van der Waals surface area contributed by atoms with Gasteiger partial charge in [0.05, 0.1) is 5.52 Å². The molecule has 21 heavy (non-hydrogen) atoms. The maximum Gasteiger partial charge on any atom is 0.0701 e. The molecule has 0 saturated heterocycles. The Morgan fingerprint density at radius 2 is 1.52 bits per heavy atom. The molecule has 0 radical (unpaired) electrons. The zero-order valence-electron chi connectivity index (χ0n) is 12.3. The highest BCUT2D eigenvalue weighted by molar-refractivity contribution is 5.84. The van der Waals surface area contributed by atoms with E-state index in [4.69, 9.17) is 0 Å². The number of nitrogens with one attached hydrogen (secondary N) is 1. The van der Waals surface area contributed by atoms with Crippen molar-refractivity contribution in [3.8, 4) is 0 Å². The number of nitrogens with zero attached hydrogens (tertiary/aromatic N) is 1. The molecule has 0 unspecified atom stereocenters. The highest BCUT2D eigenvalue weighted by Gasteiger charge is 2.00. The first-order valence-electron chi connectivity index (χ1n) is 7.09. The summed E-state index contributed by atoms with van der Waals surface area (Å²) in [5.41, 5.74) is 4.93. The molecular weight excluding hydrogens is 256 g/mol. The normalized spacial score (nSPS) is 10.4. The van der Waals surface area contributed by atoms with Crippen LogP contribution in [0.1, 0.15) is 11.3 Å². The summed E-state index contributed by atoms with van der Waals surface area (Å²) < 4.78 is 0. The summed E-state index contributed by atoms with van der Waals surface area (Å²) in [4.78, 5) is 7.51. The fraction of sp³-hybridized carbons (Fsp3) is 0.105. The van der Waals surface area contributed by atoms with E-state index in [1.54, 1.807) is 0 Å². The number of fused-ring (bicyclic) bond motifs is 2. The molecule has 2 heteroatoms. The molecule has 0 bridgehead atoms. The van der Waals surface area contributed by atoms with E-state index in [1.165, 1.54) is 27.5 Å². The first kappa shape index (κ1) is 13.4. The van der Waals surface area contributed by atoms with Crippen molar-refractivity contribution >= 4 is 21.8 Å². The van der Waals surface area contributed by atoms with Crippen molar-refractivity contribution in [3.63, 3.8) is 0 Å². The molecule has 2 aromatic heterocycles. The molecule has 1 N–H and O–H groups in total. The molecule has 0 aliphatic heterocycles. The van der Waals surface area contributed by atoms with E-state index >= 15 is 0 Å². The van der Waals surface area contributed by atoms with Crippen molar-refractivity contribution in [1.82, 2.24) is 9.97 Å². The quantitative estimate of drug-likeness (QED) is 0.479. The SMILES string of the molecule is Cc1[nH]c2ccccc2c1C.c1ccc2ncccc2c1. The Balaban J connectivity index is 0.000000126. The van der Waals surface area contributed by atoms with Crippen molar-refractivity contribution in [2.75, 3.05) is 0 Å². The minimum absolute atomic E-state index is 1.06. The topological polar surface area (TPSA) is 28.7 Å². The maximum absolute atomic E-state index is 4.18. The van der Waals surface area contributed by atoms with Gasteiger partial charge in [-0.2, -0.15) is 0 Å². The van der Waals surface area contributed by atoms with Crippen molar-refractivity contribution < 1.29 is 0 Å². The molecule has 0 atom stereocenters. The van der Waals surface area contributed by atoms with Crippen molar-refractivity contribution in [2.45, 2.75) is 13.8 Å². The lowest BCUT2D eigenvalue weighted by atomic mass is 10.2. The number of aromatic amines is 1. The summed E-state index contributed by atoms with van der Waals surface area (Å²) in [6.07, 6.45) is 1.81. The Morgan fingerprint density at radius 3 is 2.33 bits per heavy atom. The standard InChI is InChI=1S/C10H11N.C9H7N/c1-7-8(2)11-10-6-4-3-5-9(7)10;1-2-6-9-8(4-1)5-3-7-10-9/h3-6,11H,1-2H3;1-7H. The van der Waals surface area contributed by atoms with Gasteiger partial charge in [0.15, 0.2) is 0 Å². The second-order valence-corrected chi connectivity index (χ2v) is 5.12. The number of benzene rings is 2. The Labute approximate surface area is 124 Å².